The molecule has 1 saturated carbocycles. The van der Waals surface area contributed by atoms with E-state index in [1.807, 2.05) is 6.07 Å². The molecular weight excluding hydrogens is 474 g/mol. The first-order chi connectivity index (χ1) is 18.0. The van der Waals surface area contributed by atoms with E-state index in [4.69, 9.17) is 9.47 Å². The number of nitrogens with zero attached hydrogens (tertiary/aromatic N) is 5. The summed E-state index contributed by atoms with van der Waals surface area (Å²) in [5, 5.41) is 15.4. The van der Waals surface area contributed by atoms with Crippen LogP contribution in [-0.2, 0) is 15.1 Å². The molecule has 0 atom stereocenters. The number of anilines is 3. The van der Waals surface area contributed by atoms with Gasteiger partial charge in [-0.1, -0.05) is 6.07 Å². The number of urea groups is 1. The molecule has 4 aliphatic rings. The monoisotopic (exact) mass is 505 g/mol. The minimum absolute atomic E-state index is 0.106. The molecule has 2 aromatic heterocycles. The summed E-state index contributed by atoms with van der Waals surface area (Å²) in [7, 11) is 3.71. The van der Waals surface area contributed by atoms with Gasteiger partial charge in [0.25, 0.3) is 0 Å². The van der Waals surface area contributed by atoms with Gasteiger partial charge in [-0.3, -0.25) is 15.0 Å². The summed E-state index contributed by atoms with van der Waals surface area (Å²) < 4.78 is 11.8. The largest absolute Gasteiger partial charge is 0.383 e. The lowest BCUT2D eigenvalue weighted by Gasteiger charge is -2.57. The summed E-state index contributed by atoms with van der Waals surface area (Å²) in [4.78, 5) is 37.7. The summed E-state index contributed by atoms with van der Waals surface area (Å²) in [6.45, 7) is 2.96. The number of nitriles is 1. The molecule has 194 valence electrons. The van der Waals surface area contributed by atoms with Gasteiger partial charge in [0.1, 0.15) is 29.0 Å². The molecule has 0 spiro atoms. The van der Waals surface area contributed by atoms with E-state index in [1.165, 1.54) is 6.20 Å². The second-order valence-electron chi connectivity index (χ2n) is 9.85. The third kappa shape index (κ3) is 4.87. The molecule has 0 unspecified atom stereocenters. The molecule has 5 heterocycles. The molecule has 3 aliphatic heterocycles. The smallest absolute Gasteiger partial charge is 0.328 e. The van der Waals surface area contributed by atoms with Crippen LogP contribution in [0.2, 0.25) is 0 Å². The number of aldehydes is 1. The second kappa shape index (κ2) is 10.4. The highest BCUT2D eigenvalue weighted by atomic mass is 16.5. The zero-order valence-corrected chi connectivity index (χ0v) is 21.1. The number of hydrogen-bond donors (Lipinski definition) is 2. The number of methoxy groups -OCH3 is 1. The molecule has 2 bridgehead atoms. The van der Waals surface area contributed by atoms with Gasteiger partial charge in [-0.15, -0.1) is 0 Å². The molecule has 2 fully saturated rings. The third-order valence-corrected chi connectivity index (χ3v) is 7.39. The van der Waals surface area contributed by atoms with Crippen LogP contribution < -0.4 is 15.5 Å². The molecule has 37 heavy (non-hydrogen) atoms. The zero-order chi connectivity index (χ0) is 26.0. The van der Waals surface area contributed by atoms with Crippen molar-refractivity contribution in [2.75, 3.05) is 55.9 Å². The van der Waals surface area contributed by atoms with Crippen molar-refractivity contribution in [3.05, 3.63) is 41.2 Å². The average Bonchev–Trinajstić information content (AvgIpc) is 2.89. The number of nitrogens with one attached hydrogen (secondary N) is 2. The molecule has 11 nitrogen and oxygen atoms in total. The Labute approximate surface area is 215 Å². The summed E-state index contributed by atoms with van der Waals surface area (Å²) in [6.07, 6.45) is 5.53. The van der Waals surface area contributed by atoms with Crippen molar-refractivity contribution < 1.29 is 19.1 Å². The van der Waals surface area contributed by atoms with Crippen LogP contribution in [0.15, 0.2) is 24.4 Å². The lowest BCUT2D eigenvalue weighted by molar-refractivity contribution is -0.168. The van der Waals surface area contributed by atoms with Crippen LogP contribution in [0.3, 0.4) is 0 Å². The number of amides is 2. The number of aromatic nitrogens is 2. The van der Waals surface area contributed by atoms with Gasteiger partial charge >= 0.3 is 6.03 Å². The summed E-state index contributed by atoms with van der Waals surface area (Å²) in [6, 6.07) is 6.77. The maximum atomic E-state index is 13.5. The van der Waals surface area contributed by atoms with Crippen molar-refractivity contribution in [2.24, 2.45) is 0 Å². The topological polar surface area (TPSA) is 133 Å². The Morgan fingerprint density at radius 1 is 1.32 bits per heavy atom. The van der Waals surface area contributed by atoms with Crippen LogP contribution in [0.25, 0.3) is 0 Å². The SMILES string of the molecule is COCCNc1cc(NC(=O)N2c3nc(C=O)ccc3C3(OC4CCN(C)CC4)CC2C3)ncc1C#N. The standard InChI is InChI=1S/C26H31N7O4/c1-32-8-5-20(6-9-32)37-26-12-19(13-26)33(24-21(26)4-3-18(16-34)30-24)25(35)31-23-11-22(28-7-10-36-2)17(14-27)15-29-23/h3-4,11,15-16,19-20H,5-10,12-13H2,1-2H3,(H2,28,29,31,35). The van der Waals surface area contributed by atoms with E-state index in [2.05, 4.69) is 38.6 Å². The van der Waals surface area contributed by atoms with Gasteiger partial charge in [0.2, 0.25) is 0 Å². The van der Waals surface area contributed by atoms with E-state index < -0.39 is 11.6 Å². The predicted molar refractivity (Wildman–Crippen MR) is 137 cm³/mol. The van der Waals surface area contributed by atoms with Crippen LogP contribution in [-0.4, -0.2) is 79.7 Å². The molecule has 6 rings (SSSR count). The molecule has 1 saturated heterocycles. The lowest BCUT2D eigenvalue weighted by atomic mass is 9.67. The highest BCUT2D eigenvalue weighted by molar-refractivity contribution is 6.03. The summed E-state index contributed by atoms with van der Waals surface area (Å²) >= 11 is 0. The zero-order valence-electron chi connectivity index (χ0n) is 21.1. The molecule has 2 amide bonds. The van der Waals surface area contributed by atoms with Crippen molar-refractivity contribution in [3.63, 3.8) is 0 Å². The Balaban J connectivity index is 1.38. The number of piperidine rings is 1. The van der Waals surface area contributed by atoms with Crippen molar-refractivity contribution >= 4 is 29.6 Å². The Morgan fingerprint density at radius 2 is 2.11 bits per heavy atom. The predicted octanol–water partition coefficient (Wildman–Crippen LogP) is 2.74. The normalized spacial score (nSPS) is 22.9. The van der Waals surface area contributed by atoms with Gasteiger partial charge in [0.05, 0.1) is 24.0 Å². The van der Waals surface area contributed by atoms with Crippen molar-refractivity contribution in [1.29, 1.82) is 5.26 Å². The number of pyridine rings is 2. The summed E-state index contributed by atoms with van der Waals surface area (Å²) in [5.74, 6) is 0.750. The minimum Gasteiger partial charge on any atom is -0.383 e. The fourth-order valence-corrected chi connectivity index (χ4v) is 5.40. The molecule has 2 aromatic rings. The first-order valence-electron chi connectivity index (χ1n) is 12.5. The maximum absolute atomic E-state index is 13.5. The van der Waals surface area contributed by atoms with Crippen LogP contribution >= 0.6 is 0 Å². The fourth-order valence-electron chi connectivity index (χ4n) is 5.40. The van der Waals surface area contributed by atoms with E-state index in [1.54, 1.807) is 24.1 Å². The van der Waals surface area contributed by atoms with Crippen LogP contribution in [0, 0.1) is 11.3 Å². The van der Waals surface area contributed by atoms with Gasteiger partial charge in [-0.05, 0) is 26.0 Å². The van der Waals surface area contributed by atoms with E-state index in [0.717, 1.165) is 31.5 Å². The molecule has 2 N–H and O–H groups in total. The van der Waals surface area contributed by atoms with Gasteiger partial charge in [-0.2, -0.15) is 5.26 Å². The fraction of sp³-hybridized carbons (Fsp3) is 0.500. The third-order valence-electron chi connectivity index (χ3n) is 7.39. The Morgan fingerprint density at radius 3 is 2.81 bits per heavy atom. The van der Waals surface area contributed by atoms with Crippen molar-refractivity contribution in [3.8, 4) is 6.07 Å². The molecule has 0 aromatic carbocycles. The number of carbonyl (C=O) groups excluding carboxylic acids is 2. The molecule has 0 radical (unpaired) electrons. The molecule has 1 aliphatic carbocycles. The quantitative estimate of drug-likeness (QED) is 0.410. The number of carbonyl (C=O) groups is 2. The second-order valence-corrected chi connectivity index (χ2v) is 9.85. The van der Waals surface area contributed by atoms with Gasteiger partial charge in [-0.25, -0.2) is 14.8 Å². The number of hydrogen-bond acceptors (Lipinski definition) is 9. The molecule has 11 heteroatoms. The Kier molecular flexibility index (Phi) is 7.06. The maximum Gasteiger partial charge on any atom is 0.328 e. The van der Waals surface area contributed by atoms with E-state index in [-0.39, 0.29) is 17.8 Å². The molecular formula is C26H31N7O4. The van der Waals surface area contributed by atoms with Gasteiger partial charge < -0.3 is 19.7 Å². The van der Waals surface area contributed by atoms with Crippen LogP contribution in [0.5, 0.6) is 0 Å². The number of ether oxygens (including phenoxy) is 2. The van der Waals surface area contributed by atoms with E-state index in [9.17, 15) is 14.9 Å². The van der Waals surface area contributed by atoms with E-state index in [0.29, 0.717) is 55.2 Å². The Hall–Kier alpha value is -3.59. The number of rotatable bonds is 8. The Bertz CT molecular complexity index is 1220. The highest BCUT2D eigenvalue weighted by Crippen LogP contribution is 2.56. The first-order valence-corrected chi connectivity index (χ1v) is 12.5. The summed E-state index contributed by atoms with van der Waals surface area (Å²) in [5.41, 5.74) is 1.53. The van der Waals surface area contributed by atoms with Crippen LogP contribution in [0.4, 0.5) is 22.1 Å². The van der Waals surface area contributed by atoms with Crippen molar-refractivity contribution in [1.82, 2.24) is 14.9 Å². The van der Waals surface area contributed by atoms with Gasteiger partial charge in [0, 0.05) is 63.5 Å². The van der Waals surface area contributed by atoms with Gasteiger partial charge in [0.15, 0.2) is 6.29 Å². The van der Waals surface area contributed by atoms with E-state index >= 15 is 0 Å². The average molecular weight is 506 g/mol. The van der Waals surface area contributed by atoms with Crippen LogP contribution in [0.1, 0.15) is 47.3 Å². The van der Waals surface area contributed by atoms with Crippen molar-refractivity contribution in [2.45, 2.75) is 43.4 Å². The lowest BCUT2D eigenvalue weighted by Crippen LogP contribution is -2.63. The first kappa shape index (κ1) is 25.1. The number of likely N-dealkylation sites (tertiary alicyclic amines) is 1. The minimum atomic E-state index is -0.489. The highest BCUT2D eigenvalue weighted by Gasteiger charge is 2.58.